The molecular formula is C13H12BrN5O. The lowest BCUT2D eigenvalue weighted by atomic mass is 10.2. The van der Waals surface area contributed by atoms with Crippen molar-refractivity contribution in [1.29, 1.82) is 0 Å². The van der Waals surface area contributed by atoms with Crippen molar-refractivity contribution < 1.29 is 4.74 Å². The Morgan fingerprint density at radius 3 is 2.90 bits per heavy atom. The van der Waals surface area contributed by atoms with Gasteiger partial charge in [-0.3, -0.25) is 5.10 Å². The molecule has 0 aliphatic carbocycles. The molecule has 0 radical (unpaired) electrons. The smallest absolute Gasteiger partial charge is 0.235 e. The molecule has 102 valence electrons. The summed E-state index contributed by atoms with van der Waals surface area (Å²) in [5.74, 6) is 1.62. The fraction of sp³-hybridized carbons (Fsp3) is 0.154. The van der Waals surface area contributed by atoms with Crippen LogP contribution >= 0.6 is 15.9 Å². The molecule has 3 aromatic rings. The zero-order chi connectivity index (χ0) is 14.1. The number of ether oxygens (including phenoxy) is 1. The summed E-state index contributed by atoms with van der Waals surface area (Å²) in [6.07, 6.45) is 1.65. The van der Waals surface area contributed by atoms with Crippen LogP contribution in [0.4, 0.5) is 5.95 Å². The van der Waals surface area contributed by atoms with Gasteiger partial charge < -0.3 is 10.1 Å². The van der Waals surface area contributed by atoms with Gasteiger partial charge in [-0.2, -0.15) is 15.1 Å². The number of rotatable bonds is 3. The van der Waals surface area contributed by atoms with Crippen LogP contribution in [0.3, 0.4) is 0 Å². The fourth-order valence-corrected chi connectivity index (χ4v) is 2.36. The van der Waals surface area contributed by atoms with Crippen molar-refractivity contribution in [2.24, 2.45) is 0 Å². The number of H-pyrrole nitrogens is 1. The first-order valence-electron chi connectivity index (χ1n) is 6.00. The molecule has 0 bridgehead atoms. The van der Waals surface area contributed by atoms with E-state index in [-0.39, 0.29) is 0 Å². The second kappa shape index (κ2) is 5.09. The molecule has 2 aromatic heterocycles. The van der Waals surface area contributed by atoms with Gasteiger partial charge in [-0.25, -0.2) is 0 Å². The van der Waals surface area contributed by atoms with Gasteiger partial charge in [-0.1, -0.05) is 6.07 Å². The summed E-state index contributed by atoms with van der Waals surface area (Å²) in [6.45, 7) is 2.02. The van der Waals surface area contributed by atoms with Crippen molar-refractivity contribution in [3.05, 3.63) is 34.4 Å². The van der Waals surface area contributed by atoms with E-state index in [0.29, 0.717) is 23.2 Å². The number of hydrogen-bond acceptors (Lipinski definition) is 5. The lowest BCUT2D eigenvalue weighted by Gasteiger charge is -2.09. The summed E-state index contributed by atoms with van der Waals surface area (Å²) < 4.78 is 6.75. The van der Waals surface area contributed by atoms with Crippen molar-refractivity contribution in [2.75, 3.05) is 12.4 Å². The Balaban J connectivity index is 2.07. The Morgan fingerprint density at radius 1 is 1.30 bits per heavy atom. The third-order valence-corrected chi connectivity index (χ3v) is 3.41. The summed E-state index contributed by atoms with van der Waals surface area (Å²) in [6, 6.07) is 5.86. The molecule has 0 spiro atoms. The molecule has 2 N–H and O–H groups in total. The Labute approximate surface area is 123 Å². The lowest BCUT2D eigenvalue weighted by molar-refractivity contribution is 0.466. The summed E-state index contributed by atoms with van der Waals surface area (Å²) in [4.78, 5) is 8.59. The van der Waals surface area contributed by atoms with Gasteiger partial charge in [0.05, 0.1) is 10.7 Å². The number of fused-ring (bicyclic) bond motifs is 1. The van der Waals surface area contributed by atoms with Crippen molar-refractivity contribution in [2.45, 2.75) is 6.92 Å². The summed E-state index contributed by atoms with van der Waals surface area (Å²) in [5, 5.41) is 10.4. The Hall–Kier alpha value is -2.15. The Kier molecular flexibility index (Phi) is 3.27. The number of nitrogens with zero attached hydrogens (tertiary/aromatic N) is 3. The number of halogens is 1. The maximum absolute atomic E-state index is 5.88. The largest absolute Gasteiger partial charge is 0.437 e. The second-order valence-corrected chi connectivity index (χ2v) is 5.12. The van der Waals surface area contributed by atoms with E-state index in [1.165, 1.54) is 0 Å². The van der Waals surface area contributed by atoms with Gasteiger partial charge in [0.1, 0.15) is 11.1 Å². The van der Waals surface area contributed by atoms with Gasteiger partial charge >= 0.3 is 0 Å². The van der Waals surface area contributed by atoms with Gasteiger partial charge in [0.25, 0.3) is 0 Å². The Morgan fingerprint density at radius 2 is 2.15 bits per heavy atom. The highest BCUT2D eigenvalue weighted by molar-refractivity contribution is 9.10. The van der Waals surface area contributed by atoms with E-state index < -0.39 is 0 Å². The van der Waals surface area contributed by atoms with Crippen molar-refractivity contribution >= 4 is 32.9 Å². The Bertz CT molecular complexity index is 771. The van der Waals surface area contributed by atoms with E-state index in [1.54, 1.807) is 13.2 Å². The average Bonchev–Trinajstić information content (AvgIpc) is 2.90. The molecule has 2 heterocycles. The van der Waals surface area contributed by atoms with Crippen LogP contribution in [0.1, 0.15) is 5.56 Å². The number of aryl methyl sites for hydroxylation is 1. The maximum Gasteiger partial charge on any atom is 0.235 e. The molecule has 0 fully saturated rings. The van der Waals surface area contributed by atoms with E-state index in [1.807, 2.05) is 25.1 Å². The standard InChI is InChI=1S/C13H12BrN5O/c1-7-3-4-10(9(14)5-7)20-12-8-6-16-19-11(8)17-13(15-2)18-12/h3-6H,1-2H3,(H2,15,16,17,18,19). The molecule has 7 heteroatoms. The van der Waals surface area contributed by atoms with Gasteiger partial charge in [0, 0.05) is 7.05 Å². The predicted octanol–water partition coefficient (Wildman–Crippen LogP) is 3.26. The highest BCUT2D eigenvalue weighted by Gasteiger charge is 2.12. The quantitative estimate of drug-likeness (QED) is 0.769. The van der Waals surface area contributed by atoms with Gasteiger partial charge in [-0.05, 0) is 40.5 Å². The number of aromatic nitrogens is 4. The number of benzene rings is 1. The molecule has 0 saturated carbocycles. The van der Waals surface area contributed by atoms with Crippen LogP contribution in [-0.4, -0.2) is 27.2 Å². The third kappa shape index (κ3) is 2.32. The average molecular weight is 334 g/mol. The molecular weight excluding hydrogens is 322 g/mol. The van der Waals surface area contributed by atoms with Crippen LogP contribution in [0.15, 0.2) is 28.9 Å². The minimum Gasteiger partial charge on any atom is -0.437 e. The van der Waals surface area contributed by atoms with Crippen LogP contribution in [0.25, 0.3) is 11.0 Å². The SMILES string of the molecule is CNc1nc(Oc2ccc(C)cc2Br)c2cn[nH]c2n1. The predicted molar refractivity (Wildman–Crippen MR) is 80.2 cm³/mol. The van der Waals surface area contributed by atoms with Crippen LogP contribution < -0.4 is 10.1 Å². The van der Waals surface area contributed by atoms with Crippen molar-refractivity contribution in [1.82, 2.24) is 20.2 Å². The zero-order valence-corrected chi connectivity index (χ0v) is 12.5. The molecule has 0 amide bonds. The van der Waals surface area contributed by atoms with Crippen molar-refractivity contribution in [3.63, 3.8) is 0 Å². The summed E-state index contributed by atoms with van der Waals surface area (Å²) in [7, 11) is 1.75. The van der Waals surface area contributed by atoms with Crippen LogP contribution in [0, 0.1) is 6.92 Å². The normalized spacial score (nSPS) is 10.8. The molecule has 3 rings (SSSR count). The minimum absolute atomic E-state index is 0.456. The van der Waals surface area contributed by atoms with Crippen LogP contribution in [0.2, 0.25) is 0 Å². The first-order chi connectivity index (χ1) is 9.67. The highest BCUT2D eigenvalue weighted by Crippen LogP contribution is 2.32. The van der Waals surface area contributed by atoms with Gasteiger partial charge in [0.15, 0.2) is 5.65 Å². The van der Waals surface area contributed by atoms with E-state index in [2.05, 4.69) is 41.4 Å². The van der Waals surface area contributed by atoms with E-state index in [9.17, 15) is 0 Å². The molecule has 20 heavy (non-hydrogen) atoms. The molecule has 1 aromatic carbocycles. The molecule has 0 aliphatic heterocycles. The number of nitrogens with one attached hydrogen (secondary N) is 2. The molecule has 0 unspecified atom stereocenters. The number of anilines is 1. The monoisotopic (exact) mass is 333 g/mol. The fourth-order valence-electron chi connectivity index (χ4n) is 1.79. The topological polar surface area (TPSA) is 75.7 Å². The van der Waals surface area contributed by atoms with Gasteiger partial charge in [0.2, 0.25) is 11.8 Å². The summed E-state index contributed by atoms with van der Waals surface area (Å²) >= 11 is 3.49. The molecule has 0 aliphatic rings. The molecule has 0 saturated heterocycles. The van der Waals surface area contributed by atoms with Crippen LogP contribution in [0.5, 0.6) is 11.6 Å². The summed E-state index contributed by atoms with van der Waals surface area (Å²) in [5.41, 5.74) is 1.78. The number of hydrogen-bond donors (Lipinski definition) is 2. The van der Waals surface area contributed by atoms with E-state index in [0.717, 1.165) is 15.4 Å². The van der Waals surface area contributed by atoms with Crippen molar-refractivity contribution in [3.8, 4) is 11.6 Å². The lowest BCUT2D eigenvalue weighted by Crippen LogP contribution is -1.99. The highest BCUT2D eigenvalue weighted by atomic mass is 79.9. The second-order valence-electron chi connectivity index (χ2n) is 4.27. The molecule has 0 atom stereocenters. The van der Waals surface area contributed by atoms with E-state index >= 15 is 0 Å². The third-order valence-electron chi connectivity index (χ3n) is 2.79. The minimum atomic E-state index is 0.456. The van der Waals surface area contributed by atoms with E-state index in [4.69, 9.17) is 4.74 Å². The maximum atomic E-state index is 5.88. The van der Waals surface area contributed by atoms with Crippen LogP contribution in [-0.2, 0) is 0 Å². The zero-order valence-electron chi connectivity index (χ0n) is 10.9. The first kappa shape index (κ1) is 12.9. The van der Waals surface area contributed by atoms with Gasteiger partial charge in [-0.15, -0.1) is 0 Å². The first-order valence-corrected chi connectivity index (χ1v) is 6.79. The number of aromatic amines is 1. The molecule has 6 nitrogen and oxygen atoms in total.